The molecule has 5 heteroatoms. The van der Waals surface area contributed by atoms with E-state index >= 15 is 0 Å². The minimum absolute atomic E-state index is 0.195. The molecule has 0 saturated carbocycles. The van der Waals surface area contributed by atoms with Gasteiger partial charge in [-0.25, -0.2) is 0 Å². The van der Waals surface area contributed by atoms with Crippen LogP contribution in [-0.4, -0.2) is 4.98 Å². The van der Waals surface area contributed by atoms with Crippen LogP contribution in [0.3, 0.4) is 0 Å². The zero-order chi connectivity index (χ0) is 11.7. The Kier molecular flexibility index (Phi) is 3.24. The third-order valence-electron chi connectivity index (χ3n) is 2.09. The second-order valence-electron chi connectivity index (χ2n) is 3.15. The Labute approximate surface area is 107 Å². The van der Waals surface area contributed by atoms with Gasteiger partial charge in [0.05, 0.1) is 15.1 Å². The molecule has 0 aliphatic heterocycles. The van der Waals surface area contributed by atoms with Crippen molar-refractivity contribution in [3.63, 3.8) is 0 Å². The Bertz CT molecular complexity index is 592. The second-order valence-corrected chi connectivity index (χ2v) is 4.31. The fraction of sp³-hybridized carbons (Fsp3) is 0. The maximum absolute atomic E-state index is 11.2. The van der Waals surface area contributed by atoms with Crippen LogP contribution < -0.4 is 5.56 Å². The molecule has 1 heterocycles. The van der Waals surface area contributed by atoms with Gasteiger partial charge in [0.1, 0.15) is 0 Å². The molecule has 82 valence electrons. The van der Waals surface area contributed by atoms with Gasteiger partial charge in [-0.05, 0) is 18.2 Å². The summed E-state index contributed by atoms with van der Waals surface area (Å²) in [7, 11) is 0. The maximum Gasteiger partial charge on any atom is 0.248 e. The van der Waals surface area contributed by atoms with E-state index in [0.29, 0.717) is 21.3 Å². The van der Waals surface area contributed by atoms with E-state index in [1.165, 1.54) is 6.07 Å². The molecule has 0 atom stereocenters. The van der Waals surface area contributed by atoms with Crippen molar-refractivity contribution in [3.05, 3.63) is 55.8 Å². The van der Waals surface area contributed by atoms with Crippen molar-refractivity contribution in [3.8, 4) is 11.3 Å². The highest BCUT2D eigenvalue weighted by Gasteiger charge is 2.10. The van der Waals surface area contributed by atoms with Crippen molar-refractivity contribution < 1.29 is 0 Å². The first kappa shape index (κ1) is 11.5. The lowest BCUT2D eigenvalue weighted by Gasteiger charge is -2.06. The lowest BCUT2D eigenvalue weighted by Crippen LogP contribution is -2.03. The van der Waals surface area contributed by atoms with Crippen LogP contribution in [0.25, 0.3) is 11.3 Å². The minimum Gasteiger partial charge on any atom is -0.322 e. The Morgan fingerprint density at radius 2 is 1.69 bits per heavy atom. The zero-order valence-electron chi connectivity index (χ0n) is 7.93. The number of aromatic amines is 1. The fourth-order valence-corrected chi connectivity index (χ4v) is 1.98. The van der Waals surface area contributed by atoms with Crippen LogP contribution in [0.5, 0.6) is 0 Å². The molecular formula is C11H6Cl3NO. The summed E-state index contributed by atoms with van der Waals surface area (Å²) in [6.07, 6.45) is 0. The normalized spacial score (nSPS) is 10.4. The molecule has 0 unspecified atom stereocenters. The van der Waals surface area contributed by atoms with Crippen LogP contribution in [0.4, 0.5) is 0 Å². The molecule has 2 nitrogen and oxygen atoms in total. The van der Waals surface area contributed by atoms with Gasteiger partial charge in [0.15, 0.2) is 0 Å². The van der Waals surface area contributed by atoms with E-state index in [1.807, 2.05) is 0 Å². The van der Waals surface area contributed by atoms with E-state index < -0.39 is 0 Å². The summed E-state index contributed by atoms with van der Waals surface area (Å²) in [6, 6.07) is 8.16. The number of nitrogens with one attached hydrogen (secondary N) is 1. The third-order valence-corrected chi connectivity index (χ3v) is 3.39. The summed E-state index contributed by atoms with van der Waals surface area (Å²) in [5.41, 5.74) is 1.06. The minimum atomic E-state index is -0.195. The number of rotatable bonds is 1. The number of pyridine rings is 1. The van der Waals surface area contributed by atoms with Crippen LogP contribution >= 0.6 is 34.8 Å². The Balaban J connectivity index is 2.66. The van der Waals surface area contributed by atoms with E-state index in [0.717, 1.165) is 0 Å². The van der Waals surface area contributed by atoms with Crippen molar-refractivity contribution in [2.75, 3.05) is 0 Å². The van der Waals surface area contributed by atoms with E-state index in [9.17, 15) is 4.79 Å². The molecule has 0 aliphatic rings. The lowest BCUT2D eigenvalue weighted by molar-refractivity contribution is 1.24. The average Bonchev–Trinajstić information content (AvgIpc) is 2.26. The average molecular weight is 275 g/mol. The summed E-state index contributed by atoms with van der Waals surface area (Å²) in [5, 5.41) is 0.996. The van der Waals surface area contributed by atoms with E-state index in [-0.39, 0.29) is 10.6 Å². The van der Waals surface area contributed by atoms with E-state index in [4.69, 9.17) is 34.8 Å². The number of hydrogen-bond donors (Lipinski definition) is 1. The van der Waals surface area contributed by atoms with E-state index in [2.05, 4.69) is 4.98 Å². The standard InChI is InChI=1S/C11H6Cl3NO/c12-7-5-4-6(10(13)11(7)14)8-2-1-3-9(16)15-8/h1-5H,(H,15,16). The predicted octanol–water partition coefficient (Wildman–Crippen LogP) is 4.00. The Morgan fingerprint density at radius 1 is 0.938 bits per heavy atom. The van der Waals surface area contributed by atoms with Gasteiger partial charge in [-0.1, -0.05) is 40.9 Å². The molecule has 1 N–H and O–H groups in total. The quantitative estimate of drug-likeness (QED) is 0.783. The molecule has 0 bridgehead atoms. The van der Waals surface area contributed by atoms with Crippen LogP contribution in [0.15, 0.2) is 35.1 Å². The van der Waals surface area contributed by atoms with Crippen LogP contribution in [0.2, 0.25) is 15.1 Å². The molecule has 2 aromatic rings. The van der Waals surface area contributed by atoms with Crippen LogP contribution in [0, 0.1) is 0 Å². The van der Waals surface area contributed by atoms with Crippen molar-refractivity contribution in [1.29, 1.82) is 0 Å². The van der Waals surface area contributed by atoms with E-state index in [1.54, 1.807) is 24.3 Å². The number of halogens is 3. The van der Waals surface area contributed by atoms with Gasteiger partial charge in [-0.15, -0.1) is 0 Å². The van der Waals surface area contributed by atoms with Crippen molar-refractivity contribution in [2.45, 2.75) is 0 Å². The smallest absolute Gasteiger partial charge is 0.248 e. The van der Waals surface area contributed by atoms with Gasteiger partial charge in [0, 0.05) is 17.3 Å². The SMILES string of the molecule is O=c1cccc(-c2ccc(Cl)c(Cl)c2Cl)[nH]1. The Morgan fingerprint density at radius 3 is 2.38 bits per heavy atom. The first-order valence-corrected chi connectivity index (χ1v) is 5.56. The maximum atomic E-state index is 11.2. The van der Waals surface area contributed by atoms with Gasteiger partial charge in [-0.2, -0.15) is 0 Å². The largest absolute Gasteiger partial charge is 0.322 e. The van der Waals surface area contributed by atoms with Crippen molar-refractivity contribution in [2.24, 2.45) is 0 Å². The first-order valence-electron chi connectivity index (χ1n) is 4.43. The summed E-state index contributed by atoms with van der Waals surface area (Å²) >= 11 is 17.8. The lowest BCUT2D eigenvalue weighted by atomic mass is 10.1. The topological polar surface area (TPSA) is 32.9 Å². The molecule has 0 fully saturated rings. The van der Waals surface area contributed by atoms with Gasteiger partial charge >= 0.3 is 0 Å². The monoisotopic (exact) mass is 273 g/mol. The molecule has 0 spiro atoms. The molecule has 0 radical (unpaired) electrons. The fourth-order valence-electron chi connectivity index (χ4n) is 1.34. The highest BCUT2D eigenvalue weighted by molar-refractivity contribution is 6.49. The molecule has 1 aromatic carbocycles. The molecule has 16 heavy (non-hydrogen) atoms. The Hall–Kier alpha value is -0.960. The highest BCUT2D eigenvalue weighted by atomic mass is 35.5. The molecule has 0 amide bonds. The van der Waals surface area contributed by atoms with Crippen molar-refractivity contribution in [1.82, 2.24) is 4.98 Å². The van der Waals surface area contributed by atoms with Gasteiger partial charge in [0.25, 0.3) is 0 Å². The molecule has 0 saturated heterocycles. The number of H-pyrrole nitrogens is 1. The predicted molar refractivity (Wildman–Crippen MR) is 67.5 cm³/mol. The second kappa shape index (κ2) is 4.50. The zero-order valence-corrected chi connectivity index (χ0v) is 10.2. The van der Waals surface area contributed by atoms with Crippen LogP contribution in [-0.2, 0) is 0 Å². The van der Waals surface area contributed by atoms with Gasteiger partial charge in [-0.3, -0.25) is 4.79 Å². The molecule has 0 aliphatic carbocycles. The highest BCUT2D eigenvalue weighted by Crippen LogP contribution is 2.36. The molecular weight excluding hydrogens is 268 g/mol. The van der Waals surface area contributed by atoms with Gasteiger partial charge < -0.3 is 4.98 Å². The van der Waals surface area contributed by atoms with Crippen molar-refractivity contribution >= 4 is 34.8 Å². The number of aromatic nitrogens is 1. The van der Waals surface area contributed by atoms with Gasteiger partial charge in [0.2, 0.25) is 5.56 Å². The first-order chi connectivity index (χ1) is 7.59. The summed E-state index contributed by atoms with van der Waals surface area (Å²) < 4.78 is 0. The summed E-state index contributed by atoms with van der Waals surface area (Å²) in [6.45, 7) is 0. The summed E-state index contributed by atoms with van der Waals surface area (Å²) in [4.78, 5) is 13.8. The molecule has 2 rings (SSSR count). The third kappa shape index (κ3) is 2.09. The number of hydrogen-bond acceptors (Lipinski definition) is 1. The van der Waals surface area contributed by atoms with Crippen LogP contribution in [0.1, 0.15) is 0 Å². The number of benzene rings is 1. The molecule has 1 aromatic heterocycles. The summed E-state index contributed by atoms with van der Waals surface area (Å²) in [5.74, 6) is 0.